The van der Waals surface area contributed by atoms with Gasteiger partial charge >= 0.3 is 23.9 Å². The fourth-order valence-electron chi connectivity index (χ4n) is 6.12. The van der Waals surface area contributed by atoms with Crippen LogP contribution in [0, 0.1) is 35.5 Å². The smallest absolute Gasteiger partial charge is 0.310 e. The first-order valence-electron chi connectivity index (χ1n) is 11.9. The van der Waals surface area contributed by atoms with Crippen LogP contribution in [0.4, 0.5) is 0 Å². The third kappa shape index (κ3) is 3.90. The van der Waals surface area contributed by atoms with Gasteiger partial charge in [0.1, 0.15) is 24.4 Å². The van der Waals surface area contributed by atoms with Gasteiger partial charge in [-0.25, -0.2) is 0 Å². The summed E-state index contributed by atoms with van der Waals surface area (Å²) in [6, 6.07) is 0. The van der Waals surface area contributed by atoms with E-state index < -0.39 is 35.6 Å². The third-order valence-corrected chi connectivity index (χ3v) is 7.91. The number of ether oxygens (including phenoxy) is 4. The van der Waals surface area contributed by atoms with Gasteiger partial charge in [0.15, 0.2) is 0 Å². The highest BCUT2D eigenvalue weighted by atomic mass is 16.6. The van der Waals surface area contributed by atoms with E-state index in [1.807, 2.05) is 0 Å². The van der Waals surface area contributed by atoms with E-state index in [9.17, 15) is 19.2 Å². The lowest BCUT2D eigenvalue weighted by molar-refractivity contribution is -0.179. The van der Waals surface area contributed by atoms with Crippen LogP contribution >= 0.6 is 0 Å². The van der Waals surface area contributed by atoms with Crippen molar-refractivity contribution in [2.45, 2.75) is 84.0 Å². The minimum absolute atomic E-state index is 0.0634. The average Bonchev–Trinajstić information content (AvgIpc) is 3.46. The molecule has 3 aliphatic carbocycles. The van der Waals surface area contributed by atoms with Crippen molar-refractivity contribution >= 4 is 23.9 Å². The molecule has 6 unspecified atom stereocenters. The van der Waals surface area contributed by atoms with E-state index in [-0.39, 0.29) is 54.6 Å². The molecule has 32 heavy (non-hydrogen) atoms. The molecule has 2 bridgehead atoms. The van der Waals surface area contributed by atoms with Crippen LogP contribution in [-0.2, 0) is 38.1 Å². The maximum absolute atomic E-state index is 13.3. The van der Waals surface area contributed by atoms with Crippen LogP contribution in [0.25, 0.3) is 0 Å². The van der Waals surface area contributed by atoms with Gasteiger partial charge in [0.25, 0.3) is 0 Å². The summed E-state index contributed by atoms with van der Waals surface area (Å²) in [4.78, 5) is 49.9. The minimum Gasteiger partial charge on any atom is -0.465 e. The molecule has 178 valence electrons. The van der Waals surface area contributed by atoms with Gasteiger partial charge in [-0.05, 0) is 38.0 Å². The Labute approximate surface area is 188 Å². The second kappa shape index (κ2) is 8.67. The summed E-state index contributed by atoms with van der Waals surface area (Å²) in [5.41, 5.74) is -0.479. The number of fused-ring (bicyclic) bond motifs is 1. The molecule has 8 heteroatoms. The van der Waals surface area contributed by atoms with Crippen molar-refractivity contribution in [1.29, 1.82) is 0 Å². The molecule has 8 nitrogen and oxygen atoms in total. The van der Waals surface area contributed by atoms with E-state index in [1.165, 1.54) is 0 Å². The fourth-order valence-corrected chi connectivity index (χ4v) is 6.12. The van der Waals surface area contributed by atoms with Crippen molar-refractivity contribution in [1.82, 2.24) is 0 Å². The monoisotopic (exact) mass is 450 g/mol. The molecule has 0 spiro atoms. The van der Waals surface area contributed by atoms with E-state index in [0.717, 1.165) is 25.7 Å². The molecule has 4 aliphatic rings. The molecule has 1 aliphatic heterocycles. The Bertz CT molecular complexity index is 781. The molecule has 0 N–H and O–H groups in total. The van der Waals surface area contributed by atoms with E-state index in [0.29, 0.717) is 6.42 Å². The molecule has 0 aromatic rings. The molecule has 0 amide bonds. The van der Waals surface area contributed by atoms with E-state index >= 15 is 0 Å². The number of esters is 4. The predicted molar refractivity (Wildman–Crippen MR) is 111 cm³/mol. The highest BCUT2D eigenvalue weighted by molar-refractivity contribution is 5.86. The zero-order valence-corrected chi connectivity index (χ0v) is 19.3. The summed E-state index contributed by atoms with van der Waals surface area (Å²) in [5.74, 6) is -3.29. The number of rotatable bonds is 8. The molecule has 3 saturated carbocycles. The maximum Gasteiger partial charge on any atom is 0.310 e. The Balaban J connectivity index is 1.42. The molecule has 0 aromatic heterocycles. The minimum atomic E-state index is -0.660. The van der Waals surface area contributed by atoms with Gasteiger partial charge in [0.05, 0.1) is 24.2 Å². The Morgan fingerprint density at radius 2 is 1.78 bits per heavy atom. The van der Waals surface area contributed by atoms with Gasteiger partial charge in [0.2, 0.25) is 0 Å². The molecule has 0 radical (unpaired) electrons. The average molecular weight is 451 g/mol. The van der Waals surface area contributed by atoms with E-state index in [4.69, 9.17) is 18.9 Å². The van der Waals surface area contributed by atoms with Gasteiger partial charge in [-0.15, -0.1) is 0 Å². The van der Waals surface area contributed by atoms with Crippen molar-refractivity contribution in [3.8, 4) is 0 Å². The molecule has 1 saturated heterocycles. The molecule has 1 heterocycles. The second-order valence-corrected chi connectivity index (χ2v) is 10.4. The summed E-state index contributed by atoms with van der Waals surface area (Å²) < 4.78 is 22.4. The quantitative estimate of drug-likeness (QED) is 0.411. The molecule has 0 aromatic carbocycles. The van der Waals surface area contributed by atoms with Gasteiger partial charge in [0, 0.05) is 11.8 Å². The first-order chi connectivity index (χ1) is 15.1. The van der Waals surface area contributed by atoms with Crippen molar-refractivity contribution in [2.24, 2.45) is 35.5 Å². The maximum atomic E-state index is 13.3. The van der Waals surface area contributed by atoms with Crippen LogP contribution < -0.4 is 0 Å². The largest absolute Gasteiger partial charge is 0.465 e. The number of carbonyl (C=O) groups excluding carboxylic acids is 4. The van der Waals surface area contributed by atoms with E-state index in [2.05, 4.69) is 13.8 Å². The summed E-state index contributed by atoms with van der Waals surface area (Å²) in [6.45, 7) is 7.50. The van der Waals surface area contributed by atoms with Crippen molar-refractivity contribution in [2.75, 3.05) is 6.61 Å². The van der Waals surface area contributed by atoms with Crippen LogP contribution in [0.2, 0.25) is 0 Å². The van der Waals surface area contributed by atoms with Gasteiger partial charge < -0.3 is 18.9 Å². The third-order valence-electron chi connectivity index (χ3n) is 7.91. The van der Waals surface area contributed by atoms with Crippen LogP contribution in [0.1, 0.15) is 66.2 Å². The fraction of sp³-hybridized carbons (Fsp3) is 0.833. The topological polar surface area (TPSA) is 105 Å². The summed E-state index contributed by atoms with van der Waals surface area (Å²) in [7, 11) is 0. The SMILES string of the molecule is CC(C)C(=O)OCCC(=O)OC1C2CC3C1OC(=O)C3C2C(=O)OC1(C(C)C)CCCC1. The van der Waals surface area contributed by atoms with Crippen molar-refractivity contribution in [3.05, 3.63) is 0 Å². The zero-order chi connectivity index (χ0) is 23.2. The Kier molecular flexibility index (Phi) is 6.25. The summed E-state index contributed by atoms with van der Waals surface area (Å²) in [5, 5.41) is 0. The van der Waals surface area contributed by atoms with Gasteiger partial charge in [-0.3, -0.25) is 19.2 Å². The van der Waals surface area contributed by atoms with Crippen molar-refractivity contribution in [3.63, 3.8) is 0 Å². The second-order valence-electron chi connectivity index (χ2n) is 10.4. The molecule has 4 fully saturated rings. The van der Waals surface area contributed by atoms with Crippen molar-refractivity contribution < 1.29 is 38.1 Å². The van der Waals surface area contributed by atoms with Gasteiger partial charge in [-0.1, -0.05) is 27.7 Å². The summed E-state index contributed by atoms with van der Waals surface area (Å²) >= 11 is 0. The number of carbonyl (C=O) groups is 4. The van der Waals surface area contributed by atoms with Crippen LogP contribution in [0.15, 0.2) is 0 Å². The van der Waals surface area contributed by atoms with E-state index in [1.54, 1.807) is 13.8 Å². The number of hydrogen-bond donors (Lipinski definition) is 0. The lowest BCUT2D eigenvalue weighted by Crippen LogP contribution is -2.47. The first-order valence-corrected chi connectivity index (χ1v) is 11.9. The van der Waals surface area contributed by atoms with Crippen LogP contribution in [0.3, 0.4) is 0 Å². The lowest BCUT2D eigenvalue weighted by Gasteiger charge is -2.37. The predicted octanol–water partition coefficient (Wildman–Crippen LogP) is 2.81. The Hall–Kier alpha value is -2.12. The van der Waals surface area contributed by atoms with Gasteiger partial charge in [-0.2, -0.15) is 0 Å². The standard InChI is InChI=1S/C24H34O8/c1-12(2)21(26)29-10-7-16(25)30-19-15-11-14-17(22(27)31-20(14)19)18(15)23(28)32-24(13(3)4)8-5-6-9-24/h12-15,17-20H,5-11H2,1-4H3. The Morgan fingerprint density at radius 1 is 1.09 bits per heavy atom. The molecular weight excluding hydrogens is 416 g/mol. The van der Waals surface area contributed by atoms with Crippen LogP contribution in [-0.4, -0.2) is 48.3 Å². The summed E-state index contributed by atoms with van der Waals surface area (Å²) in [6.07, 6.45) is 3.08. The highest BCUT2D eigenvalue weighted by Crippen LogP contribution is 2.59. The first kappa shape index (κ1) is 23.1. The Morgan fingerprint density at radius 3 is 2.41 bits per heavy atom. The molecular formula is C24H34O8. The highest BCUT2D eigenvalue weighted by Gasteiger charge is 2.70. The molecule has 4 rings (SSSR count). The number of hydrogen-bond acceptors (Lipinski definition) is 8. The lowest BCUT2D eigenvalue weighted by atomic mass is 9.78. The zero-order valence-electron chi connectivity index (χ0n) is 19.3. The normalized spacial score (nSPS) is 34.1. The van der Waals surface area contributed by atoms with Crippen LogP contribution in [0.5, 0.6) is 0 Å². The molecule has 6 atom stereocenters.